The van der Waals surface area contributed by atoms with E-state index in [1.807, 2.05) is 0 Å². The molecule has 7 N–H and O–H groups in total. The van der Waals surface area contributed by atoms with Crippen molar-refractivity contribution in [2.75, 3.05) is 18.5 Å². The maximum atomic E-state index is 12.5. The van der Waals surface area contributed by atoms with Crippen molar-refractivity contribution in [2.24, 2.45) is 0 Å². The lowest BCUT2D eigenvalue weighted by Gasteiger charge is -2.18. The summed E-state index contributed by atoms with van der Waals surface area (Å²) in [7, 11) is 0. The number of nitrogens with zero attached hydrogens (tertiary/aromatic N) is 3. The minimum atomic E-state index is -1.49. The Morgan fingerprint density at radius 3 is 2.28 bits per heavy atom. The number of hydrogen-bond acceptors (Lipinski definition) is 7. The summed E-state index contributed by atoms with van der Waals surface area (Å²) in [6.45, 7) is -0.279. The summed E-state index contributed by atoms with van der Waals surface area (Å²) in [4.78, 5) is 57.5. The number of benzene rings is 1. The van der Waals surface area contributed by atoms with Gasteiger partial charge >= 0.3 is 30.0 Å². The van der Waals surface area contributed by atoms with Crippen molar-refractivity contribution >= 4 is 35.7 Å². The molecule has 0 radical (unpaired) electrons. The highest BCUT2D eigenvalue weighted by Crippen LogP contribution is 2.20. The number of rotatable bonds is 16. The highest BCUT2D eigenvalue weighted by Gasteiger charge is 2.24. The summed E-state index contributed by atoms with van der Waals surface area (Å²) in [5.41, 5.74) is 1.67. The van der Waals surface area contributed by atoms with Crippen molar-refractivity contribution < 1.29 is 43.7 Å². The molecule has 212 valence electrons. The van der Waals surface area contributed by atoms with Crippen LogP contribution >= 0.6 is 0 Å². The number of hydrogen-bond donors (Lipinski definition) is 7. The monoisotopic (exact) mass is 551 g/mol. The number of alkyl halides is 1. The van der Waals surface area contributed by atoms with Gasteiger partial charge in [0.15, 0.2) is 0 Å². The van der Waals surface area contributed by atoms with Gasteiger partial charge in [0.2, 0.25) is 0 Å². The number of urea groups is 2. The Bertz CT molecular complexity index is 1160. The summed E-state index contributed by atoms with van der Waals surface area (Å²) in [5.74, 6) is -4.02. The normalized spacial score (nSPS) is 12.1. The van der Waals surface area contributed by atoms with Crippen molar-refractivity contribution in [1.29, 1.82) is 0 Å². The van der Waals surface area contributed by atoms with Gasteiger partial charge in [-0.15, -0.1) is 5.10 Å². The number of aromatic nitrogens is 3. The Kier molecular flexibility index (Phi) is 12.1. The van der Waals surface area contributed by atoms with Gasteiger partial charge in [0, 0.05) is 24.2 Å². The first-order valence-corrected chi connectivity index (χ1v) is 11.9. The van der Waals surface area contributed by atoms with Gasteiger partial charge in [-0.1, -0.05) is 17.3 Å². The van der Waals surface area contributed by atoms with E-state index < -0.39 is 55.1 Å². The van der Waals surface area contributed by atoms with Crippen molar-refractivity contribution in [1.82, 2.24) is 30.9 Å². The van der Waals surface area contributed by atoms with Crippen LogP contribution in [0.4, 0.5) is 19.7 Å². The Balaban J connectivity index is 1.75. The second-order valence-corrected chi connectivity index (χ2v) is 8.35. The summed E-state index contributed by atoms with van der Waals surface area (Å²) in [6, 6.07) is 2.45. The van der Waals surface area contributed by atoms with Crippen molar-refractivity contribution in [2.45, 2.75) is 50.7 Å². The third-order valence-electron chi connectivity index (χ3n) is 5.33. The Hall–Kier alpha value is -4.76. The van der Waals surface area contributed by atoms with Gasteiger partial charge in [-0.05, 0) is 37.8 Å². The van der Waals surface area contributed by atoms with E-state index in [4.69, 9.17) is 10.2 Å². The first-order chi connectivity index (χ1) is 18.6. The van der Waals surface area contributed by atoms with Crippen molar-refractivity contribution in [3.8, 4) is 11.3 Å². The number of amides is 4. The molecule has 2 rings (SSSR count). The molecule has 15 nitrogen and oxygen atoms in total. The highest BCUT2D eigenvalue weighted by atomic mass is 19.1. The molecule has 39 heavy (non-hydrogen) atoms. The Labute approximate surface area is 221 Å². The first kappa shape index (κ1) is 30.5. The summed E-state index contributed by atoms with van der Waals surface area (Å²) in [6.07, 6.45) is 1.43. The molecule has 1 aromatic heterocycles. The van der Waals surface area contributed by atoms with Crippen LogP contribution in [0.25, 0.3) is 11.3 Å². The van der Waals surface area contributed by atoms with Gasteiger partial charge in [0.1, 0.15) is 24.5 Å². The zero-order valence-corrected chi connectivity index (χ0v) is 20.8. The van der Waals surface area contributed by atoms with Crippen LogP contribution in [-0.4, -0.2) is 85.6 Å². The van der Waals surface area contributed by atoms with Crippen LogP contribution in [0, 0.1) is 0 Å². The zero-order valence-electron chi connectivity index (χ0n) is 20.8. The lowest BCUT2D eigenvalue weighted by Crippen LogP contribution is -2.51. The van der Waals surface area contributed by atoms with E-state index in [1.54, 1.807) is 30.5 Å². The topological polar surface area (TPSA) is 225 Å². The molecule has 0 aliphatic heterocycles. The third-order valence-corrected chi connectivity index (χ3v) is 5.33. The molecule has 0 aliphatic rings. The SMILES string of the molecule is O=C(O)CCC(NC(=O)NC(CCCCNC(=O)Nc1cccc(-c2cn(CCF)nn2)c1)C(=O)O)C(=O)O. The number of carboxylic acids is 3. The van der Waals surface area contributed by atoms with Crippen LogP contribution in [0.3, 0.4) is 0 Å². The predicted molar refractivity (Wildman–Crippen MR) is 134 cm³/mol. The Morgan fingerprint density at radius 2 is 1.64 bits per heavy atom. The van der Waals surface area contributed by atoms with Crippen molar-refractivity contribution in [3.63, 3.8) is 0 Å². The third kappa shape index (κ3) is 11.0. The quantitative estimate of drug-likeness (QED) is 0.148. The van der Waals surface area contributed by atoms with Gasteiger partial charge in [-0.25, -0.2) is 28.3 Å². The number of carbonyl (C=O) groups excluding carboxylic acids is 2. The van der Waals surface area contributed by atoms with E-state index in [-0.39, 0.29) is 25.9 Å². The molecule has 16 heteroatoms. The lowest BCUT2D eigenvalue weighted by molar-refractivity contribution is -0.140. The van der Waals surface area contributed by atoms with E-state index in [9.17, 15) is 33.5 Å². The molecule has 2 aromatic rings. The van der Waals surface area contributed by atoms with Gasteiger partial charge in [-0.2, -0.15) is 0 Å². The molecule has 2 atom stereocenters. The molecule has 0 saturated carbocycles. The average molecular weight is 552 g/mol. The number of unbranched alkanes of at least 4 members (excludes halogenated alkanes) is 1. The van der Waals surface area contributed by atoms with E-state index in [2.05, 4.69) is 31.6 Å². The second kappa shape index (κ2) is 15.5. The number of carbonyl (C=O) groups is 5. The molecule has 0 fully saturated rings. The molecule has 1 heterocycles. The molecule has 0 spiro atoms. The molecule has 0 saturated heterocycles. The fraction of sp³-hybridized carbons (Fsp3) is 0.435. The van der Waals surface area contributed by atoms with Crippen molar-refractivity contribution in [3.05, 3.63) is 30.5 Å². The number of nitrogens with one attached hydrogen (secondary N) is 4. The van der Waals surface area contributed by atoms with Crippen LogP contribution < -0.4 is 21.3 Å². The first-order valence-electron chi connectivity index (χ1n) is 11.9. The molecule has 1 aromatic carbocycles. The number of aryl methyl sites for hydroxylation is 1. The molecule has 0 aliphatic carbocycles. The summed E-state index contributed by atoms with van der Waals surface area (Å²) in [5, 5.41) is 44.4. The van der Waals surface area contributed by atoms with Gasteiger partial charge < -0.3 is 36.6 Å². The van der Waals surface area contributed by atoms with Crippen LogP contribution in [0.5, 0.6) is 0 Å². The van der Waals surface area contributed by atoms with Crippen LogP contribution in [-0.2, 0) is 20.9 Å². The zero-order chi connectivity index (χ0) is 28.8. The van der Waals surface area contributed by atoms with Crippen LogP contribution in [0.15, 0.2) is 30.5 Å². The Morgan fingerprint density at radius 1 is 0.949 bits per heavy atom. The second-order valence-electron chi connectivity index (χ2n) is 8.35. The number of aliphatic carboxylic acids is 3. The van der Waals surface area contributed by atoms with E-state index in [0.29, 0.717) is 29.8 Å². The highest BCUT2D eigenvalue weighted by molar-refractivity contribution is 5.90. The minimum Gasteiger partial charge on any atom is -0.481 e. The maximum absolute atomic E-state index is 12.5. The summed E-state index contributed by atoms with van der Waals surface area (Å²) >= 11 is 0. The fourth-order valence-corrected chi connectivity index (χ4v) is 3.37. The molecule has 0 bridgehead atoms. The number of halogens is 1. The van der Waals surface area contributed by atoms with Gasteiger partial charge in [0.25, 0.3) is 0 Å². The minimum absolute atomic E-state index is 0.00402. The van der Waals surface area contributed by atoms with E-state index in [0.717, 1.165) is 0 Å². The maximum Gasteiger partial charge on any atom is 0.326 e. The molecular weight excluding hydrogens is 521 g/mol. The standard InChI is InChI=1S/C23H30FN7O8/c24-9-11-31-13-18(29-30-31)14-4-3-5-15(12-14)26-22(38)25-10-2-1-6-16(20(34)35)27-23(39)28-17(21(36)37)7-8-19(32)33/h3-5,12-13,16-17H,1-2,6-11H2,(H,32,33)(H,34,35)(H,36,37)(H2,25,26,38)(H2,27,28,39). The van der Waals surface area contributed by atoms with E-state index in [1.165, 1.54) is 4.68 Å². The smallest absolute Gasteiger partial charge is 0.326 e. The average Bonchev–Trinajstić information content (AvgIpc) is 3.34. The van der Waals surface area contributed by atoms with Crippen LogP contribution in [0.2, 0.25) is 0 Å². The summed E-state index contributed by atoms with van der Waals surface area (Å²) < 4.78 is 13.8. The lowest BCUT2D eigenvalue weighted by atomic mass is 10.1. The van der Waals surface area contributed by atoms with Gasteiger partial charge in [0.05, 0.1) is 12.7 Å². The number of anilines is 1. The molecule has 2 unspecified atom stereocenters. The fourth-order valence-electron chi connectivity index (χ4n) is 3.37. The van der Waals surface area contributed by atoms with E-state index >= 15 is 0 Å². The van der Waals surface area contributed by atoms with Crippen LogP contribution in [0.1, 0.15) is 32.1 Å². The largest absolute Gasteiger partial charge is 0.481 e. The van der Waals surface area contributed by atoms with Gasteiger partial charge in [-0.3, -0.25) is 4.79 Å². The molecule has 4 amide bonds. The molecular formula is C23H30FN7O8. The predicted octanol–water partition coefficient (Wildman–Crippen LogP) is 1.28. The number of carboxylic acid groups (broad SMARTS) is 3.